The number of halogens is 1. The second-order valence-corrected chi connectivity index (χ2v) is 6.59. The number of H-pyrrole nitrogens is 1. The summed E-state index contributed by atoms with van der Waals surface area (Å²) in [7, 11) is 1.59. The molecule has 7 heteroatoms. The van der Waals surface area contributed by atoms with Gasteiger partial charge in [-0.25, -0.2) is 9.97 Å². The zero-order valence-corrected chi connectivity index (χ0v) is 15.7. The van der Waals surface area contributed by atoms with Crippen LogP contribution in [0, 0.1) is 12.9 Å². The van der Waals surface area contributed by atoms with Crippen molar-refractivity contribution in [1.82, 2.24) is 19.9 Å². The van der Waals surface area contributed by atoms with Crippen molar-refractivity contribution < 1.29 is 9.13 Å². The van der Waals surface area contributed by atoms with Crippen LogP contribution < -0.4 is 10.1 Å². The highest BCUT2D eigenvalue weighted by atomic mass is 19.1. The number of anilines is 1. The lowest BCUT2D eigenvalue weighted by atomic mass is 10.1. The molecule has 4 heterocycles. The third-order valence-electron chi connectivity index (χ3n) is 4.54. The third kappa shape index (κ3) is 3.78. The molecule has 0 aliphatic heterocycles. The Morgan fingerprint density at radius 2 is 2.00 bits per heavy atom. The van der Waals surface area contributed by atoms with Gasteiger partial charge in [0.15, 0.2) is 0 Å². The standard InChI is InChI=1S/C21H20FN5O/c1-13-7-18-15(10-26-21(18)25-9-13)8-14-3-6-19(27-20(14)22)24-11-16-4-5-17(28-2)12-23-16/h3-7,9-10,12H,8,11H2,1-2H3,(H,24,27)(H,25,26). The second-order valence-electron chi connectivity index (χ2n) is 6.59. The van der Waals surface area contributed by atoms with E-state index < -0.39 is 5.95 Å². The van der Waals surface area contributed by atoms with Crippen molar-refractivity contribution in [3.05, 3.63) is 77.3 Å². The molecule has 0 unspecified atom stereocenters. The van der Waals surface area contributed by atoms with Crippen molar-refractivity contribution in [3.8, 4) is 5.75 Å². The van der Waals surface area contributed by atoms with Gasteiger partial charge in [0.05, 0.1) is 25.5 Å². The normalized spacial score (nSPS) is 11.0. The Balaban J connectivity index is 1.47. The van der Waals surface area contributed by atoms with Crippen LogP contribution in [0.3, 0.4) is 0 Å². The van der Waals surface area contributed by atoms with Crippen LogP contribution in [-0.4, -0.2) is 27.0 Å². The van der Waals surface area contributed by atoms with Gasteiger partial charge >= 0.3 is 0 Å². The average Bonchev–Trinajstić information content (AvgIpc) is 3.10. The second kappa shape index (κ2) is 7.64. The first-order chi connectivity index (χ1) is 13.6. The fraction of sp³-hybridized carbons (Fsp3) is 0.190. The Morgan fingerprint density at radius 3 is 2.75 bits per heavy atom. The molecule has 0 aliphatic carbocycles. The van der Waals surface area contributed by atoms with Gasteiger partial charge in [0, 0.05) is 29.8 Å². The van der Waals surface area contributed by atoms with E-state index in [1.165, 1.54) is 0 Å². The number of aromatic amines is 1. The molecule has 0 spiro atoms. The predicted molar refractivity (Wildman–Crippen MR) is 106 cm³/mol. The predicted octanol–water partition coefficient (Wildman–Crippen LogP) is 4.01. The maximum Gasteiger partial charge on any atom is 0.218 e. The number of hydrogen-bond acceptors (Lipinski definition) is 5. The molecule has 4 rings (SSSR count). The van der Waals surface area contributed by atoms with Crippen molar-refractivity contribution in [3.63, 3.8) is 0 Å². The molecular formula is C21H20FN5O. The monoisotopic (exact) mass is 377 g/mol. The van der Waals surface area contributed by atoms with E-state index in [2.05, 4.69) is 31.3 Å². The van der Waals surface area contributed by atoms with E-state index in [-0.39, 0.29) is 0 Å². The molecule has 2 N–H and O–H groups in total. The molecule has 0 amide bonds. The number of nitrogens with one attached hydrogen (secondary N) is 2. The molecule has 0 radical (unpaired) electrons. The summed E-state index contributed by atoms with van der Waals surface area (Å²) in [6.07, 6.45) is 5.77. The first-order valence-corrected chi connectivity index (χ1v) is 8.93. The molecule has 0 aliphatic rings. The van der Waals surface area contributed by atoms with Crippen molar-refractivity contribution in [2.45, 2.75) is 19.9 Å². The van der Waals surface area contributed by atoms with Gasteiger partial charge in [0.25, 0.3) is 0 Å². The summed E-state index contributed by atoms with van der Waals surface area (Å²) in [6.45, 7) is 2.44. The third-order valence-corrected chi connectivity index (χ3v) is 4.54. The van der Waals surface area contributed by atoms with Crippen molar-refractivity contribution in [2.24, 2.45) is 0 Å². The van der Waals surface area contributed by atoms with Gasteiger partial charge in [-0.1, -0.05) is 6.07 Å². The van der Waals surface area contributed by atoms with E-state index in [4.69, 9.17) is 4.74 Å². The zero-order chi connectivity index (χ0) is 19.5. The number of hydrogen-bond donors (Lipinski definition) is 2. The highest BCUT2D eigenvalue weighted by molar-refractivity contribution is 5.80. The Morgan fingerprint density at radius 1 is 1.11 bits per heavy atom. The molecule has 0 saturated carbocycles. The summed E-state index contributed by atoms with van der Waals surface area (Å²) in [5.41, 5.74) is 4.22. The lowest BCUT2D eigenvalue weighted by molar-refractivity contribution is 0.412. The van der Waals surface area contributed by atoms with Crippen LogP contribution in [0.15, 0.2) is 48.9 Å². The van der Waals surface area contributed by atoms with E-state index in [1.54, 1.807) is 25.4 Å². The van der Waals surface area contributed by atoms with E-state index in [1.807, 2.05) is 31.5 Å². The summed E-state index contributed by atoms with van der Waals surface area (Å²) in [5, 5.41) is 4.10. The number of ether oxygens (including phenoxy) is 1. The minimum absolute atomic E-state index is 0.448. The van der Waals surface area contributed by atoms with Gasteiger partial charge in [0.1, 0.15) is 17.2 Å². The average molecular weight is 377 g/mol. The first kappa shape index (κ1) is 17.9. The highest BCUT2D eigenvalue weighted by Gasteiger charge is 2.11. The maximum absolute atomic E-state index is 14.5. The first-order valence-electron chi connectivity index (χ1n) is 8.93. The lowest BCUT2D eigenvalue weighted by Gasteiger charge is -2.08. The van der Waals surface area contributed by atoms with Crippen molar-refractivity contribution >= 4 is 16.9 Å². The van der Waals surface area contributed by atoms with Gasteiger partial charge in [-0.15, -0.1) is 0 Å². The van der Waals surface area contributed by atoms with Gasteiger partial charge in [0.2, 0.25) is 5.95 Å². The fourth-order valence-electron chi connectivity index (χ4n) is 3.02. The largest absolute Gasteiger partial charge is 0.495 e. The molecule has 0 bridgehead atoms. The van der Waals surface area contributed by atoms with Gasteiger partial charge in [-0.2, -0.15) is 4.39 Å². The van der Waals surface area contributed by atoms with Crippen LogP contribution in [0.1, 0.15) is 22.4 Å². The quantitative estimate of drug-likeness (QED) is 0.497. The molecule has 142 valence electrons. The van der Waals surface area contributed by atoms with Crippen LogP contribution in [0.4, 0.5) is 10.2 Å². The smallest absolute Gasteiger partial charge is 0.218 e. The molecular weight excluding hydrogens is 357 g/mol. The van der Waals surface area contributed by atoms with E-state index in [9.17, 15) is 4.39 Å². The SMILES string of the molecule is COc1ccc(CNc2ccc(Cc3c[nH]c4ncc(C)cc34)c(F)n2)nc1. The molecule has 4 aromatic rings. The molecule has 28 heavy (non-hydrogen) atoms. The number of methoxy groups -OCH3 is 1. The molecule has 4 aromatic heterocycles. The molecule has 0 atom stereocenters. The zero-order valence-electron chi connectivity index (χ0n) is 15.7. The number of rotatable bonds is 6. The molecule has 0 saturated heterocycles. The van der Waals surface area contributed by atoms with Gasteiger partial charge < -0.3 is 15.0 Å². The Hall–Kier alpha value is -3.48. The number of nitrogens with zero attached hydrogens (tertiary/aromatic N) is 3. The van der Waals surface area contributed by atoms with Crippen LogP contribution in [0.5, 0.6) is 5.75 Å². The molecule has 0 aromatic carbocycles. The minimum Gasteiger partial charge on any atom is -0.495 e. The van der Waals surface area contributed by atoms with Gasteiger partial charge in [-0.05, 0) is 42.3 Å². The Kier molecular flexibility index (Phi) is 4.89. The maximum atomic E-state index is 14.5. The van der Waals surface area contributed by atoms with Crippen LogP contribution in [0.2, 0.25) is 0 Å². The number of aromatic nitrogens is 4. The van der Waals surface area contributed by atoms with Gasteiger partial charge in [-0.3, -0.25) is 4.98 Å². The summed E-state index contributed by atoms with van der Waals surface area (Å²) in [4.78, 5) is 15.8. The van der Waals surface area contributed by atoms with Crippen molar-refractivity contribution in [1.29, 1.82) is 0 Å². The Labute approximate surface area is 161 Å². The van der Waals surface area contributed by atoms with Crippen molar-refractivity contribution in [2.75, 3.05) is 12.4 Å². The topological polar surface area (TPSA) is 75.7 Å². The number of aryl methyl sites for hydroxylation is 1. The summed E-state index contributed by atoms with van der Waals surface area (Å²) in [5.74, 6) is 0.679. The highest BCUT2D eigenvalue weighted by Crippen LogP contribution is 2.22. The fourth-order valence-corrected chi connectivity index (χ4v) is 3.02. The molecule has 0 fully saturated rings. The minimum atomic E-state index is -0.484. The van der Waals surface area contributed by atoms with Crippen LogP contribution in [0.25, 0.3) is 11.0 Å². The number of pyridine rings is 3. The Bertz CT molecular complexity index is 1110. The van der Waals surface area contributed by atoms with E-state index >= 15 is 0 Å². The van der Waals surface area contributed by atoms with E-state index in [0.717, 1.165) is 27.9 Å². The summed E-state index contributed by atoms with van der Waals surface area (Å²) >= 11 is 0. The van der Waals surface area contributed by atoms with Crippen LogP contribution in [-0.2, 0) is 13.0 Å². The molecule has 6 nitrogen and oxygen atoms in total. The van der Waals surface area contributed by atoms with E-state index in [0.29, 0.717) is 30.1 Å². The lowest BCUT2D eigenvalue weighted by Crippen LogP contribution is -2.05. The summed E-state index contributed by atoms with van der Waals surface area (Å²) in [6, 6.07) is 9.27. The summed E-state index contributed by atoms with van der Waals surface area (Å²) < 4.78 is 19.6. The number of fused-ring (bicyclic) bond motifs is 1. The van der Waals surface area contributed by atoms with Crippen LogP contribution >= 0.6 is 0 Å².